The summed E-state index contributed by atoms with van der Waals surface area (Å²) in [4.78, 5) is 7.38. The van der Waals surface area contributed by atoms with Crippen LogP contribution < -0.4 is 10.6 Å². The molecule has 0 aromatic carbocycles. The Bertz CT molecular complexity index is 378. The van der Waals surface area contributed by atoms with Crippen LogP contribution in [0, 0.1) is 0 Å². The quantitative estimate of drug-likeness (QED) is 0.325. The van der Waals surface area contributed by atoms with Crippen LogP contribution >= 0.6 is 35.7 Å². The van der Waals surface area contributed by atoms with Gasteiger partial charge in [0.15, 0.2) is 5.96 Å². The molecule has 0 aliphatic carbocycles. The molecule has 2 unspecified atom stereocenters. The standard InChI is InChI=1S/C17H34N4OS.HI/c1-4-18-16(20-14-17(2)8-6-12-23-17)19-13-15-7-5-9-21(15)10-11-22-3;/h15H,4-14H2,1-3H3,(H2,18,19,20);1H. The van der Waals surface area contributed by atoms with Gasteiger partial charge in [-0.1, -0.05) is 0 Å². The Morgan fingerprint density at radius 3 is 2.88 bits per heavy atom. The predicted octanol–water partition coefficient (Wildman–Crippen LogP) is 2.56. The second-order valence-corrected chi connectivity index (χ2v) is 8.49. The summed E-state index contributed by atoms with van der Waals surface area (Å²) in [6.45, 7) is 10.3. The van der Waals surface area contributed by atoms with Crippen molar-refractivity contribution < 1.29 is 4.74 Å². The Labute approximate surface area is 169 Å². The van der Waals surface area contributed by atoms with Gasteiger partial charge in [-0.3, -0.25) is 9.89 Å². The molecule has 2 aliphatic heterocycles. The van der Waals surface area contributed by atoms with E-state index in [1.807, 2.05) is 0 Å². The van der Waals surface area contributed by atoms with Gasteiger partial charge in [-0.2, -0.15) is 11.8 Å². The van der Waals surface area contributed by atoms with Crippen LogP contribution in [0.4, 0.5) is 0 Å². The fourth-order valence-corrected chi connectivity index (χ4v) is 4.62. The van der Waals surface area contributed by atoms with Gasteiger partial charge in [0, 0.05) is 37.5 Å². The first-order chi connectivity index (χ1) is 11.2. The van der Waals surface area contributed by atoms with Crippen molar-refractivity contribution >= 4 is 41.7 Å². The maximum Gasteiger partial charge on any atom is 0.191 e. The zero-order valence-electron chi connectivity index (χ0n) is 15.5. The molecule has 0 aromatic heterocycles. The Morgan fingerprint density at radius 2 is 2.21 bits per heavy atom. The van der Waals surface area contributed by atoms with Gasteiger partial charge < -0.3 is 15.4 Å². The number of nitrogens with zero attached hydrogens (tertiary/aromatic N) is 2. The molecule has 5 nitrogen and oxygen atoms in total. The van der Waals surface area contributed by atoms with E-state index in [9.17, 15) is 0 Å². The van der Waals surface area contributed by atoms with Crippen molar-refractivity contribution in [1.29, 1.82) is 0 Å². The lowest BCUT2D eigenvalue weighted by molar-refractivity contribution is 0.141. The third kappa shape index (κ3) is 7.25. The van der Waals surface area contributed by atoms with E-state index < -0.39 is 0 Å². The molecule has 2 N–H and O–H groups in total. The summed E-state index contributed by atoms with van der Waals surface area (Å²) in [5, 5.41) is 6.95. The smallest absolute Gasteiger partial charge is 0.191 e. The largest absolute Gasteiger partial charge is 0.383 e. The Morgan fingerprint density at radius 1 is 1.38 bits per heavy atom. The Hall–Kier alpha value is 0.270. The Balaban J connectivity index is 0.00000288. The van der Waals surface area contributed by atoms with Crippen molar-refractivity contribution in [3.8, 4) is 0 Å². The van der Waals surface area contributed by atoms with Crippen molar-refractivity contribution in [2.45, 2.75) is 50.3 Å². The average Bonchev–Trinajstić information content (AvgIpc) is 3.17. The first-order valence-electron chi connectivity index (χ1n) is 9.06. The van der Waals surface area contributed by atoms with Gasteiger partial charge in [0.25, 0.3) is 0 Å². The minimum absolute atomic E-state index is 0. The van der Waals surface area contributed by atoms with E-state index in [-0.39, 0.29) is 24.0 Å². The van der Waals surface area contributed by atoms with Gasteiger partial charge >= 0.3 is 0 Å². The lowest BCUT2D eigenvalue weighted by Gasteiger charge is -2.26. The molecule has 24 heavy (non-hydrogen) atoms. The molecule has 2 saturated heterocycles. The van der Waals surface area contributed by atoms with Gasteiger partial charge in [0.05, 0.1) is 13.2 Å². The number of aliphatic imine (C=N–C) groups is 1. The zero-order chi connectivity index (χ0) is 16.5. The molecule has 0 saturated carbocycles. The van der Waals surface area contributed by atoms with Crippen LogP contribution in [0.5, 0.6) is 0 Å². The molecule has 7 heteroatoms. The highest BCUT2D eigenvalue weighted by atomic mass is 127. The van der Waals surface area contributed by atoms with Crippen LogP contribution in [0.15, 0.2) is 4.99 Å². The van der Waals surface area contributed by atoms with Crippen molar-refractivity contribution in [2.24, 2.45) is 4.99 Å². The summed E-state index contributed by atoms with van der Waals surface area (Å²) in [5.74, 6) is 2.26. The van der Waals surface area contributed by atoms with Crippen LogP contribution in [0.2, 0.25) is 0 Å². The first kappa shape index (κ1) is 22.3. The highest BCUT2D eigenvalue weighted by Gasteiger charge is 2.29. The molecule has 0 radical (unpaired) electrons. The van der Waals surface area contributed by atoms with Gasteiger partial charge in [0.2, 0.25) is 0 Å². The van der Waals surface area contributed by atoms with E-state index in [4.69, 9.17) is 9.73 Å². The molecular formula is C17H35IN4OS. The molecule has 2 atom stereocenters. The predicted molar refractivity (Wildman–Crippen MR) is 116 cm³/mol. The minimum atomic E-state index is 0. The fourth-order valence-electron chi connectivity index (χ4n) is 3.39. The lowest BCUT2D eigenvalue weighted by atomic mass is 10.1. The Kier molecular flexibility index (Phi) is 11.0. The van der Waals surface area contributed by atoms with Crippen LogP contribution in [-0.4, -0.2) is 73.8 Å². The van der Waals surface area contributed by atoms with Crippen molar-refractivity contribution in [2.75, 3.05) is 52.2 Å². The SMILES string of the molecule is CCNC(=NCC1(C)CCCS1)NCC1CCCN1CCOC.I. The van der Waals surface area contributed by atoms with Crippen LogP contribution in [0.1, 0.15) is 39.5 Å². The van der Waals surface area contributed by atoms with Crippen LogP contribution in [0.3, 0.4) is 0 Å². The maximum atomic E-state index is 5.22. The van der Waals surface area contributed by atoms with E-state index in [0.29, 0.717) is 10.8 Å². The third-order valence-corrected chi connectivity index (χ3v) is 6.33. The lowest BCUT2D eigenvalue weighted by Crippen LogP contribution is -2.46. The molecule has 2 fully saturated rings. The summed E-state index contributed by atoms with van der Waals surface area (Å²) >= 11 is 2.07. The number of nitrogens with one attached hydrogen (secondary N) is 2. The first-order valence-corrected chi connectivity index (χ1v) is 10.0. The number of halogens is 1. The van der Waals surface area contributed by atoms with Gasteiger partial charge in [-0.15, -0.1) is 24.0 Å². The third-order valence-electron chi connectivity index (χ3n) is 4.80. The number of rotatable bonds is 8. The summed E-state index contributed by atoms with van der Waals surface area (Å²) in [6.07, 6.45) is 5.17. The molecule has 2 aliphatic rings. The number of likely N-dealkylation sites (tertiary alicyclic amines) is 1. The average molecular weight is 470 g/mol. The molecule has 0 amide bonds. The second-order valence-electron chi connectivity index (χ2n) is 6.80. The second kappa shape index (κ2) is 11.8. The zero-order valence-corrected chi connectivity index (χ0v) is 18.6. The van der Waals surface area contributed by atoms with Gasteiger partial charge in [-0.25, -0.2) is 0 Å². The van der Waals surface area contributed by atoms with Crippen LogP contribution in [0.25, 0.3) is 0 Å². The molecule has 0 bridgehead atoms. The normalized spacial score (nSPS) is 28.0. The number of guanidine groups is 1. The van der Waals surface area contributed by atoms with Crippen molar-refractivity contribution in [3.63, 3.8) is 0 Å². The summed E-state index contributed by atoms with van der Waals surface area (Å²) in [5.41, 5.74) is 0. The number of methoxy groups -OCH3 is 1. The molecule has 0 aromatic rings. The summed E-state index contributed by atoms with van der Waals surface area (Å²) < 4.78 is 5.56. The minimum Gasteiger partial charge on any atom is -0.383 e. The summed E-state index contributed by atoms with van der Waals surface area (Å²) in [6, 6.07) is 0.602. The van der Waals surface area contributed by atoms with E-state index >= 15 is 0 Å². The fraction of sp³-hybridized carbons (Fsp3) is 0.941. The van der Waals surface area contributed by atoms with Gasteiger partial charge in [-0.05, 0) is 51.8 Å². The topological polar surface area (TPSA) is 48.9 Å². The maximum absolute atomic E-state index is 5.22. The van der Waals surface area contributed by atoms with Crippen molar-refractivity contribution in [1.82, 2.24) is 15.5 Å². The number of ether oxygens (including phenoxy) is 1. The van der Waals surface area contributed by atoms with E-state index in [0.717, 1.165) is 38.7 Å². The number of thioether (sulfide) groups is 1. The highest BCUT2D eigenvalue weighted by Crippen LogP contribution is 2.37. The van der Waals surface area contributed by atoms with Gasteiger partial charge in [0.1, 0.15) is 0 Å². The molecule has 2 heterocycles. The molecule has 142 valence electrons. The highest BCUT2D eigenvalue weighted by molar-refractivity contribution is 14.0. The van der Waals surface area contributed by atoms with E-state index in [1.54, 1.807) is 7.11 Å². The molecular weight excluding hydrogens is 435 g/mol. The molecule has 0 spiro atoms. The number of hydrogen-bond acceptors (Lipinski definition) is 4. The number of hydrogen-bond donors (Lipinski definition) is 2. The monoisotopic (exact) mass is 470 g/mol. The summed E-state index contributed by atoms with van der Waals surface area (Å²) in [7, 11) is 1.78. The van der Waals surface area contributed by atoms with Crippen molar-refractivity contribution in [3.05, 3.63) is 0 Å². The molecule has 2 rings (SSSR count). The van der Waals surface area contributed by atoms with E-state index in [2.05, 4.69) is 41.1 Å². The van der Waals surface area contributed by atoms with E-state index in [1.165, 1.54) is 38.0 Å². The van der Waals surface area contributed by atoms with Crippen LogP contribution in [-0.2, 0) is 4.74 Å².